The largest absolute Gasteiger partial charge is 0.508 e. The number of aromatic hydroxyl groups is 12. The van der Waals surface area contributed by atoms with Gasteiger partial charge >= 0.3 is 0 Å². The molecule has 0 saturated carbocycles. The molecule has 0 aliphatic rings. The molecular formula is C45H26O18. The predicted octanol–water partition coefficient (Wildman–Crippen LogP) is 6.81. The van der Waals surface area contributed by atoms with Crippen LogP contribution in [0.2, 0.25) is 0 Å². The highest BCUT2D eigenvalue weighted by atomic mass is 16.4. The highest BCUT2D eigenvalue weighted by Gasteiger charge is 2.30. The fourth-order valence-corrected chi connectivity index (χ4v) is 7.50. The van der Waals surface area contributed by atoms with Crippen LogP contribution in [0.3, 0.4) is 0 Å². The molecule has 18 nitrogen and oxygen atoms in total. The van der Waals surface area contributed by atoms with E-state index in [1.807, 2.05) is 0 Å². The first-order chi connectivity index (χ1) is 29.9. The van der Waals surface area contributed by atoms with Crippen molar-refractivity contribution in [1.82, 2.24) is 0 Å². The van der Waals surface area contributed by atoms with Crippen LogP contribution in [0.4, 0.5) is 0 Å². The quantitative estimate of drug-likeness (QED) is 0.0791. The Balaban J connectivity index is 1.30. The van der Waals surface area contributed by atoms with Gasteiger partial charge in [-0.15, -0.1) is 0 Å². The van der Waals surface area contributed by atoms with Gasteiger partial charge in [-0.05, 0) is 42.5 Å². The van der Waals surface area contributed by atoms with E-state index in [1.165, 1.54) is 6.07 Å². The Bertz CT molecular complexity index is 3670. The van der Waals surface area contributed by atoms with Crippen LogP contribution >= 0.6 is 0 Å². The average molecular weight is 855 g/mol. The lowest BCUT2D eigenvalue weighted by Crippen LogP contribution is -2.04. The minimum atomic E-state index is -1.03. The molecule has 6 aromatic carbocycles. The molecule has 0 amide bonds. The summed E-state index contributed by atoms with van der Waals surface area (Å²) in [5, 5.41) is 128. The van der Waals surface area contributed by atoms with E-state index in [-0.39, 0.29) is 39.2 Å². The maximum absolute atomic E-state index is 14.0. The van der Waals surface area contributed by atoms with E-state index in [9.17, 15) is 75.7 Å². The molecule has 0 bridgehead atoms. The standard InChI is InChI=1S/C45H26O18/c46-16-8-23(51)37-26(54)12-31(62-33(37)9-16)17-2-5-21(49)43(59)36(17)41-25(53)10-24(52)38-27(55)13-32(63-45(38)41)18-3-6-20(48)42(58)35(18)40-29(57)14-34-39(44(40)60)28(56)11-30(61-34)15-1-4-19(47)22(50)7-15/h1-14,46-53,57-60H. The summed E-state index contributed by atoms with van der Waals surface area (Å²) >= 11 is 0. The number of rotatable bonds is 5. The Hall–Kier alpha value is -9.45. The second kappa shape index (κ2) is 13.8. The van der Waals surface area contributed by atoms with Gasteiger partial charge in [0.1, 0.15) is 79.1 Å². The highest BCUT2D eigenvalue weighted by molar-refractivity contribution is 6.06. The van der Waals surface area contributed by atoms with Gasteiger partial charge in [0, 0.05) is 70.3 Å². The number of fused-ring (bicyclic) bond motifs is 3. The Kier molecular flexibility index (Phi) is 8.56. The van der Waals surface area contributed by atoms with Crippen molar-refractivity contribution in [3.05, 3.63) is 116 Å². The molecule has 18 heteroatoms. The van der Waals surface area contributed by atoms with Crippen LogP contribution in [0.5, 0.6) is 69.0 Å². The summed E-state index contributed by atoms with van der Waals surface area (Å²) in [6.07, 6.45) is 0. The molecule has 0 atom stereocenters. The van der Waals surface area contributed by atoms with Crippen LogP contribution in [-0.4, -0.2) is 61.3 Å². The Labute approximate surface area is 347 Å². The van der Waals surface area contributed by atoms with Crippen molar-refractivity contribution in [2.75, 3.05) is 0 Å². The van der Waals surface area contributed by atoms with Crippen LogP contribution in [0.1, 0.15) is 0 Å². The molecule has 3 aromatic heterocycles. The van der Waals surface area contributed by atoms with E-state index < -0.39 is 135 Å². The van der Waals surface area contributed by atoms with Gasteiger partial charge in [0.25, 0.3) is 0 Å². The molecule has 314 valence electrons. The summed E-state index contributed by atoms with van der Waals surface area (Å²) in [4.78, 5) is 40.8. The van der Waals surface area contributed by atoms with Gasteiger partial charge in [0.05, 0.1) is 11.1 Å². The Morgan fingerprint density at radius 3 is 1.49 bits per heavy atom. The van der Waals surface area contributed by atoms with Crippen molar-refractivity contribution in [1.29, 1.82) is 0 Å². The lowest BCUT2D eigenvalue weighted by Gasteiger charge is -2.18. The number of hydrogen-bond donors (Lipinski definition) is 12. The zero-order valence-electron chi connectivity index (χ0n) is 31.4. The van der Waals surface area contributed by atoms with E-state index >= 15 is 0 Å². The van der Waals surface area contributed by atoms with Crippen LogP contribution in [-0.2, 0) is 0 Å². The summed E-state index contributed by atoms with van der Waals surface area (Å²) in [6.45, 7) is 0. The van der Waals surface area contributed by atoms with E-state index in [2.05, 4.69) is 0 Å². The van der Waals surface area contributed by atoms with Crippen molar-refractivity contribution >= 4 is 32.9 Å². The third-order valence-corrected chi connectivity index (χ3v) is 10.3. The maximum Gasteiger partial charge on any atom is 0.197 e. The average Bonchev–Trinajstić information content (AvgIpc) is 3.21. The fourth-order valence-electron chi connectivity index (χ4n) is 7.50. The van der Waals surface area contributed by atoms with Crippen LogP contribution in [0.15, 0.2) is 113 Å². The fraction of sp³-hybridized carbons (Fsp3) is 0. The van der Waals surface area contributed by atoms with E-state index in [0.717, 1.165) is 78.9 Å². The Morgan fingerprint density at radius 2 is 0.841 bits per heavy atom. The SMILES string of the molecule is O=c1cc(-c2ccc(O)c(O)c2-c2c(O)cc(O)c3c(=O)cc(-c4ccc(O)c(O)c4-c4c(O)cc5oc(-c6ccc(O)c(O)c6)cc(=O)c5c4O)oc23)oc2cc(O)cc(O)c12. The van der Waals surface area contributed by atoms with E-state index in [1.54, 1.807) is 0 Å². The normalized spacial score (nSPS) is 11.5. The molecule has 63 heavy (non-hydrogen) atoms. The summed E-state index contributed by atoms with van der Waals surface area (Å²) in [5.41, 5.74) is -7.13. The summed E-state index contributed by atoms with van der Waals surface area (Å²) < 4.78 is 17.8. The van der Waals surface area contributed by atoms with Crippen molar-refractivity contribution in [2.24, 2.45) is 0 Å². The third-order valence-electron chi connectivity index (χ3n) is 10.3. The van der Waals surface area contributed by atoms with Gasteiger partial charge in [-0.3, -0.25) is 14.4 Å². The zero-order valence-corrected chi connectivity index (χ0v) is 31.4. The smallest absolute Gasteiger partial charge is 0.197 e. The van der Waals surface area contributed by atoms with Gasteiger partial charge in [0.2, 0.25) is 0 Å². The monoisotopic (exact) mass is 854 g/mol. The molecular weight excluding hydrogens is 828 g/mol. The molecule has 0 fully saturated rings. The van der Waals surface area contributed by atoms with Gasteiger partial charge in [-0.25, -0.2) is 0 Å². The summed E-state index contributed by atoms with van der Waals surface area (Å²) in [6, 6.07) is 13.9. The number of benzene rings is 6. The number of hydrogen-bond acceptors (Lipinski definition) is 18. The van der Waals surface area contributed by atoms with Crippen LogP contribution < -0.4 is 16.3 Å². The molecule has 0 saturated heterocycles. The first kappa shape index (κ1) is 39.0. The highest BCUT2D eigenvalue weighted by Crippen LogP contribution is 2.54. The van der Waals surface area contributed by atoms with Crippen molar-refractivity contribution < 1.29 is 74.5 Å². The Morgan fingerprint density at radius 1 is 0.333 bits per heavy atom. The minimum Gasteiger partial charge on any atom is -0.508 e. The molecule has 0 aliphatic heterocycles. The van der Waals surface area contributed by atoms with Gasteiger partial charge in [-0.1, -0.05) is 0 Å². The van der Waals surface area contributed by atoms with E-state index in [4.69, 9.17) is 13.3 Å². The van der Waals surface area contributed by atoms with Crippen molar-refractivity contribution in [3.8, 4) is 125 Å². The molecule has 0 aliphatic carbocycles. The van der Waals surface area contributed by atoms with Crippen molar-refractivity contribution in [2.45, 2.75) is 0 Å². The van der Waals surface area contributed by atoms with Gasteiger partial charge < -0.3 is 74.5 Å². The lowest BCUT2D eigenvalue weighted by atomic mass is 9.92. The molecule has 3 heterocycles. The molecule has 0 radical (unpaired) electrons. The number of phenols is 12. The molecule has 9 aromatic rings. The molecule has 0 unspecified atom stereocenters. The maximum atomic E-state index is 14.0. The summed E-state index contributed by atoms with van der Waals surface area (Å²) in [5.74, 6) is -10.4. The van der Waals surface area contributed by atoms with Crippen LogP contribution in [0.25, 0.3) is 89.1 Å². The second-order valence-corrected chi connectivity index (χ2v) is 14.2. The predicted molar refractivity (Wildman–Crippen MR) is 222 cm³/mol. The third kappa shape index (κ3) is 6.00. The van der Waals surface area contributed by atoms with Gasteiger partial charge in [0.15, 0.2) is 56.4 Å². The molecule has 9 rings (SSSR count). The topological polar surface area (TPSA) is 333 Å². The lowest BCUT2D eigenvalue weighted by molar-refractivity contribution is 0.403. The number of phenolic OH excluding ortho intramolecular Hbond substituents is 12. The van der Waals surface area contributed by atoms with Gasteiger partial charge in [-0.2, -0.15) is 0 Å². The second-order valence-electron chi connectivity index (χ2n) is 14.2. The molecule has 0 spiro atoms. The first-order valence-corrected chi connectivity index (χ1v) is 18.1. The van der Waals surface area contributed by atoms with Crippen LogP contribution in [0, 0.1) is 0 Å². The van der Waals surface area contributed by atoms with E-state index in [0.29, 0.717) is 0 Å². The zero-order chi connectivity index (χ0) is 44.9. The first-order valence-electron chi connectivity index (χ1n) is 18.1. The minimum absolute atomic E-state index is 0.122. The molecule has 12 N–H and O–H groups in total. The summed E-state index contributed by atoms with van der Waals surface area (Å²) in [7, 11) is 0. The van der Waals surface area contributed by atoms with Crippen molar-refractivity contribution in [3.63, 3.8) is 0 Å².